The van der Waals surface area contributed by atoms with E-state index in [4.69, 9.17) is 33.8 Å². The predicted octanol–water partition coefficient (Wildman–Crippen LogP) is 6.53. The van der Waals surface area contributed by atoms with Gasteiger partial charge in [0.15, 0.2) is 29.4 Å². The second-order valence-electron chi connectivity index (χ2n) is 11.2. The maximum atomic E-state index is 15.4. The first-order valence-electron chi connectivity index (χ1n) is 15.4. The summed E-state index contributed by atoms with van der Waals surface area (Å²) in [5.41, 5.74) is 1.56. The molecule has 1 unspecified atom stereocenters. The summed E-state index contributed by atoms with van der Waals surface area (Å²) in [6.07, 6.45) is 7.51. The van der Waals surface area contributed by atoms with E-state index in [0.717, 1.165) is 19.3 Å². The maximum absolute atomic E-state index is 15.4. The number of anilines is 2. The van der Waals surface area contributed by atoms with E-state index in [1.54, 1.807) is 25.6 Å². The Bertz CT molecular complexity index is 1810. The smallest absolute Gasteiger partial charge is 0.183 e. The number of hydrogen-bond donors (Lipinski definition) is 1. The molecule has 13 heteroatoms. The molecule has 0 amide bonds. The van der Waals surface area contributed by atoms with Crippen LogP contribution in [0.1, 0.15) is 31.7 Å². The molecular weight excluding hydrogens is 610 g/mol. The number of pyridine rings is 1. The van der Waals surface area contributed by atoms with Gasteiger partial charge in [-0.25, -0.2) is 18.7 Å². The molecule has 0 radical (unpaired) electrons. The number of nitrogens with zero attached hydrogens (tertiary/aromatic N) is 5. The molecule has 1 aliphatic heterocycles. The van der Waals surface area contributed by atoms with Gasteiger partial charge in [-0.3, -0.25) is 9.67 Å². The van der Waals surface area contributed by atoms with E-state index in [-0.39, 0.29) is 42.5 Å². The highest BCUT2D eigenvalue weighted by Crippen LogP contribution is 2.33. The zero-order chi connectivity index (χ0) is 32.8. The molecule has 0 spiro atoms. The third-order valence-corrected chi connectivity index (χ3v) is 7.76. The Morgan fingerprint density at radius 1 is 1.02 bits per heavy atom. The summed E-state index contributed by atoms with van der Waals surface area (Å²) in [5, 5.41) is 8.63. The Hall–Kier alpha value is -4.88. The van der Waals surface area contributed by atoms with E-state index in [0.29, 0.717) is 52.8 Å². The number of nitrogens with one attached hydrogen (secondary N) is 1. The number of para-hydroxylation sites is 1. The molecule has 3 aromatic heterocycles. The van der Waals surface area contributed by atoms with E-state index in [9.17, 15) is 0 Å². The van der Waals surface area contributed by atoms with Crippen molar-refractivity contribution in [3.8, 4) is 28.8 Å². The largest absolute Gasteiger partial charge is 0.493 e. The van der Waals surface area contributed by atoms with Crippen molar-refractivity contribution in [3.63, 3.8) is 0 Å². The molecule has 1 aliphatic rings. The van der Waals surface area contributed by atoms with E-state index in [1.807, 2.05) is 31.2 Å². The number of hydrogen-bond acceptors (Lipinski definition) is 10. The van der Waals surface area contributed by atoms with Crippen LogP contribution in [-0.4, -0.2) is 65.1 Å². The molecule has 6 rings (SSSR count). The van der Waals surface area contributed by atoms with E-state index >= 15 is 8.78 Å². The second kappa shape index (κ2) is 14.7. The van der Waals surface area contributed by atoms with Crippen LogP contribution >= 0.6 is 0 Å². The molecule has 47 heavy (non-hydrogen) atoms. The molecule has 5 aromatic rings. The Kier molecular flexibility index (Phi) is 10.0. The van der Waals surface area contributed by atoms with Crippen LogP contribution in [0.3, 0.4) is 0 Å². The number of methoxy groups -OCH3 is 2. The third kappa shape index (κ3) is 7.42. The van der Waals surface area contributed by atoms with Crippen LogP contribution in [-0.2, 0) is 16.0 Å². The van der Waals surface area contributed by atoms with Crippen molar-refractivity contribution in [2.45, 2.75) is 39.0 Å². The van der Waals surface area contributed by atoms with Crippen molar-refractivity contribution in [3.05, 3.63) is 78.3 Å². The van der Waals surface area contributed by atoms with Crippen LogP contribution in [0.5, 0.6) is 17.2 Å². The minimum absolute atomic E-state index is 0.00260. The zero-order valence-electron chi connectivity index (χ0n) is 26.4. The van der Waals surface area contributed by atoms with E-state index in [1.165, 1.54) is 30.1 Å². The monoisotopic (exact) mass is 646 g/mol. The van der Waals surface area contributed by atoms with Crippen LogP contribution < -0.4 is 19.5 Å². The first-order valence-corrected chi connectivity index (χ1v) is 15.4. The van der Waals surface area contributed by atoms with E-state index < -0.39 is 11.6 Å². The van der Waals surface area contributed by atoms with Crippen LogP contribution in [0.4, 0.5) is 20.3 Å². The van der Waals surface area contributed by atoms with Gasteiger partial charge in [0.1, 0.15) is 23.1 Å². The summed E-state index contributed by atoms with van der Waals surface area (Å²) in [4.78, 5) is 13.3. The van der Waals surface area contributed by atoms with E-state index in [2.05, 4.69) is 15.3 Å². The minimum atomic E-state index is -0.737. The molecule has 11 nitrogen and oxygen atoms in total. The normalized spacial score (nSPS) is 15.4. The van der Waals surface area contributed by atoms with Crippen molar-refractivity contribution in [1.29, 1.82) is 0 Å². The van der Waals surface area contributed by atoms with Gasteiger partial charge >= 0.3 is 0 Å². The van der Waals surface area contributed by atoms with Crippen molar-refractivity contribution in [2.24, 2.45) is 5.92 Å². The lowest BCUT2D eigenvalue weighted by Gasteiger charge is -2.24. The van der Waals surface area contributed by atoms with Crippen molar-refractivity contribution >= 4 is 22.4 Å². The van der Waals surface area contributed by atoms with Gasteiger partial charge in [0.25, 0.3) is 0 Å². The number of ether oxygens (including phenoxy) is 5. The van der Waals surface area contributed by atoms with Gasteiger partial charge in [-0.05, 0) is 31.4 Å². The number of aromatic nitrogens is 5. The molecule has 1 fully saturated rings. The summed E-state index contributed by atoms with van der Waals surface area (Å²) < 4.78 is 60.3. The molecule has 1 N–H and O–H groups in total. The molecule has 246 valence electrons. The highest BCUT2D eigenvalue weighted by atomic mass is 19.1. The molecular formula is C34H36F2N6O5. The number of fused-ring (bicyclic) bond motifs is 1. The highest BCUT2D eigenvalue weighted by Gasteiger charge is 2.21. The fourth-order valence-electron chi connectivity index (χ4n) is 5.28. The summed E-state index contributed by atoms with van der Waals surface area (Å²) in [6.45, 7) is 3.15. The number of halogens is 2. The van der Waals surface area contributed by atoms with Crippen molar-refractivity contribution in [1.82, 2.24) is 24.7 Å². The van der Waals surface area contributed by atoms with Gasteiger partial charge in [0.05, 0.1) is 57.6 Å². The number of rotatable bonds is 13. The predicted molar refractivity (Wildman–Crippen MR) is 171 cm³/mol. The topological polar surface area (TPSA) is 115 Å². The quantitative estimate of drug-likeness (QED) is 0.151. The fraction of sp³-hybridized carbons (Fsp3) is 0.353. The highest BCUT2D eigenvalue weighted by molar-refractivity contribution is 5.92. The van der Waals surface area contributed by atoms with Crippen molar-refractivity contribution in [2.75, 3.05) is 39.4 Å². The first-order chi connectivity index (χ1) is 22.9. The van der Waals surface area contributed by atoms with Gasteiger partial charge in [0.2, 0.25) is 0 Å². The van der Waals surface area contributed by atoms with Gasteiger partial charge in [-0.1, -0.05) is 25.1 Å². The molecule has 4 heterocycles. The summed E-state index contributed by atoms with van der Waals surface area (Å²) in [5.74, 6) is 0.195. The molecule has 0 aliphatic carbocycles. The summed E-state index contributed by atoms with van der Waals surface area (Å²) in [6, 6.07) is 11.5. The molecule has 0 bridgehead atoms. The van der Waals surface area contributed by atoms with Gasteiger partial charge in [-0.2, -0.15) is 5.10 Å². The minimum Gasteiger partial charge on any atom is -0.493 e. The average molecular weight is 647 g/mol. The zero-order valence-corrected chi connectivity index (χ0v) is 26.4. The standard InChI is InChI=1S/C34H36F2N6O5/c1-21(20-47-31-10-6-7-13-45-31)19-46-22-14-25(35)24(26(36)15-22)18-42-28-9-5-4-8-23(28)32(41-42)34-38-17-30(44-3)33(40-34)39-27-11-12-37-16-29(27)43-2/h4-5,8-9,11-12,14-17,21,31H,6-7,10,13,18-20H2,1-3H3,(H,37,38,39,40)/t21-,31?/m0/s1. The number of benzene rings is 2. The Labute approximate surface area is 270 Å². The first kappa shape index (κ1) is 32.1. The third-order valence-electron chi connectivity index (χ3n) is 7.76. The molecule has 2 atom stereocenters. The Balaban J connectivity index is 1.21. The van der Waals surface area contributed by atoms with Gasteiger partial charge in [-0.15, -0.1) is 0 Å². The molecule has 2 aromatic carbocycles. The average Bonchev–Trinajstić information content (AvgIpc) is 3.47. The summed E-state index contributed by atoms with van der Waals surface area (Å²) in [7, 11) is 3.06. The maximum Gasteiger partial charge on any atom is 0.183 e. The van der Waals surface area contributed by atoms with Crippen LogP contribution in [0.15, 0.2) is 61.1 Å². The lowest BCUT2D eigenvalue weighted by Crippen LogP contribution is -2.26. The summed E-state index contributed by atoms with van der Waals surface area (Å²) >= 11 is 0. The lowest BCUT2D eigenvalue weighted by atomic mass is 10.1. The van der Waals surface area contributed by atoms with Crippen molar-refractivity contribution < 1.29 is 32.5 Å². The van der Waals surface area contributed by atoms with Crippen LogP contribution in [0.2, 0.25) is 0 Å². The van der Waals surface area contributed by atoms with Gasteiger partial charge < -0.3 is 29.0 Å². The SMILES string of the molecule is COc1cnccc1Nc1nc(-c2nn(Cc3c(F)cc(OC[C@H](C)COC4CCCCO4)cc3F)c3ccccc23)ncc1OC. The lowest BCUT2D eigenvalue weighted by molar-refractivity contribution is -0.169. The second-order valence-corrected chi connectivity index (χ2v) is 11.2. The van der Waals surface area contributed by atoms with Gasteiger partial charge in [0, 0.05) is 41.8 Å². The fourth-order valence-corrected chi connectivity index (χ4v) is 5.28. The Morgan fingerprint density at radius 2 is 1.83 bits per heavy atom. The Morgan fingerprint density at radius 3 is 2.60 bits per heavy atom. The molecule has 0 saturated carbocycles. The molecule has 1 saturated heterocycles. The van der Waals surface area contributed by atoms with Crippen LogP contribution in [0, 0.1) is 17.6 Å². The van der Waals surface area contributed by atoms with Crippen LogP contribution in [0.25, 0.3) is 22.4 Å².